The summed E-state index contributed by atoms with van der Waals surface area (Å²) in [5.41, 5.74) is 0.500. The monoisotopic (exact) mass is 408 g/mol. The average Bonchev–Trinajstić information content (AvgIpc) is 2.73. The number of aliphatic hydroxyl groups is 1. The predicted molar refractivity (Wildman–Crippen MR) is 117 cm³/mol. The fourth-order valence-electron chi connectivity index (χ4n) is 4.71. The van der Waals surface area contributed by atoms with Crippen LogP contribution in [0, 0.1) is 5.92 Å². The van der Waals surface area contributed by atoms with Crippen molar-refractivity contribution < 1.29 is 9.90 Å². The van der Waals surface area contributed by atoms with Crippen molar-refractivity contribution >= 4 is 18.3 Å². The van der Waals surface area contributed by atoms with Crippen molar-refractivity contribution in [2.45, 2.75) is 69.9 Å². The van der Waals surface area contributed by atoms with Gasteiger partial charge in [0.05, 0.1) is 11.5 Å². The Bertz CT molecular complexity index is 596. The van der Waals surface area contributed by atoms with Gasteiger partial charge in [0, 0.05) is 32.7 Å². The van der Waals surface area contributed by atoms with E-state index in [0.29, 0.717) is 18.9 Å². The highest BCUT2D eigenvalue weighted by Crippen LogP contribution is 2.32. The third-order valence-corrected chi connectivity index (χ3v) is 6.93. The first-order valence-electron chi connectivity index (χ1n) is 10.7. The van der Waals surface area contributed by atoms with Gasteiger partial charge in [0.15, 0.2) is 0 Å². The molecule has 1 aromatic carbocycles. The normalized spacial score (nSPS) is 21.5. The first kappa shape index (κ1) is 23.2. The highest BCUT2D eigenvalue weighted by atomic mass is 35.5. The van der Waals surface area contributed by atoms with Gasteiger partial charge in [-0.05, 0) is 37.7 Å². The lowest BCUT2D eigenvalue weighted by atomic mass is 9.79. The lowest BCUT2D eigenvalue weighted by Crippen LogP contribution is -2.54. The molecule has 158 valence electrons. The Morgan fingerprint density at radius 2 is 1.79 bits per heavy atom. The fraction of sp³-hybridized carbons (Fsp3) is 0.696. The van der Waals surface area contributed by atoms with E-state index in [2.05, 4.69) is 29.2 Å². The number of halogens is 1. The molecule has 1 saturated heterocycles. The largest absolute Gasteiger partial charge is 0.389 e. The van der Waals surface area contributed by atoms with Crippen LogP contribution in [0.1, 0.15) is 57.4 Å². The summed E-state index contributed by atoms with van der Waals surface area (Å²) < 4.78 is 0. The summed E-state index contributed by atoms with van der Waals surface area (Å²) >= 11 is 0. The molecule has 28 heavy (non-hydrogen) atoms. The third kappa shape index (κ3) is 5.71. The van der Waals surface area contributed by atoms with E-state index in [0.717, 1.165) is 38.9 Å². The average molecular weight is 409 g/mol. The molecule has 0 spiro atoms. The number of piperidine rings is 1. The number of amides is 1. The van der Waals surface area contributed by atoms with Crippen LogP contribution in [0.15, 0.2) is 30.3 Å². The highest BCUT2D eigenvalue weighted by Gasteiger charge is 2.42. The number of hydrogen-bond acceptors (Lipinski definition) is 3. The zero-order valence-electron chi connectivity index (χ0n) is 17.5. The molecule has 1 aromatic rings. The second-order valence-corrected chi connectivity index (χ2v) is 8.64. The van der Waals surface area contributed by atoms with Gasteiger partial charge >= 0.3 is 0 Å². The Morgan fingerprint density at radius 1 is 1.18 bits per heavy atom. The topological polar surface area (TPSA) is 43.8 Å². The number of hydrogen-bond donors (Lipinski definition) is 1. The molecule has 1 N–H and O–H groups in total. The smallest absolute Gasteiger partial charge is 0.228 e. The van der Waals surface area contributed by atoms with E-state index in [1.165, 1.54) is 24.8 Å². The standard InChI is InChI=1S/C23H36N2O2.ClH/c1-19(22(26)24(2)21-11-7-4-8-12-21)23(27)14-17-25(18-15-23)16-13-20-9-5-3-6-10-20;/h3,5-6,9-10,19,21,27H,4,7-8,11-18H2,1-2H3;1H. The second-order valence-electron chi connectivity index (χ2n) is 8.64. The predicted octanol–water partition coefficient (Wildman–Crippen LogP) is 3.91. The van der Waals surface area contributed by atoms with Crippen LogP contribution in [0.5, 0.6) is 0 Å². The molecule has 3 rings (SSSR count). The van der Waals surface area contributed by atoms with Crippen molar-refractivity contribution in [3.8, 4) is 0 Å². The summed E-state index contributed by atoms with van der Waals surface area (Å²) in [5.74, 6) is -0.192. The molecule has 2 aliphatic rings. The SMILES string of the molecule is CC(C(=O)N(C)C1CCCCC1)C1(O)CCN(CCc2ccccc2)CC1.Cl. The first-order chi connectivity index (χ1) is 13.0. The van der Waals surface area contributed by atoms with Crippen LogP contribution in [0.2, 0.25) is 0 Å². The fourth-order valence-corrected chi connectivity index (χ4v) is 4.71. The summed E-state index contributed by atoms with van der Waals surface area (Å²) in [5, 5.41) is 11.2. The summed E-state index contributed by atoms with van der Waals surface area (Å²) in [6.07, 6.45) is 8.37. The molecule has 0 bridgehead atoms. The quantitative estimate of drug-likeness (QED) is 0.776. The van der Waals surface area contributed by atoms with Crippen LogP contribution in [0.25, 0.3) is 0 Å². The Hall–Kier alpha value is -1.10. The lowest BCUT2D eigenvalue weighted by molar-refractivity contribution is -0.149. The number of nitrogens with zero attached hydrogens (tertiary/aromatic N) is 2. The molecule has 4 nitrogen and oxygen atoms in total. The van der Waals surface area contributed by atoms with Gasteiger partial charge < -0.3 is 14.9 Å². The Morgan fingerprint density at radius 3 is 2.39 bits per heavy atom. The Labute approximate surface area is 176 Å². The number of likely N-dealkylation sites (tertiary alicyclic amines) is 1. The molecule has 1 aliphatic carbocycles. The van der Waals surface area contributed by atoms with Gasteiger partial charge in [-0.3, -0.25) is 4.79 Å². The van der Waals surface area contributed by atoms with Crippen LogP contribution in [-0.2, 0) is 11.2 Å². The van der Waals surface area contributed by atoms with E-state index in [1.54, 1.807) is 0 Å². The minimum atomic E-state index is -0.858. The van der Waals surface area contributed by atoms with E-state index in [1.807, 2.05) is 24.9 Å². The molecule has 5 heteroatoms. The minimum Gasteiger partial charge on any atom is -0.389 e. The van der Waals surface area contributed by atoms with Crippen molar-refractivity contribution in [1.29, 1.82) is 0 Å². The van der Waals surface area contributed by atoms with Gasteiger partial charge in [-0.1, -0.05) is 56.5 Å². The summed E-state index contributed by atoms with van der Waals surface area (Å²) in [6, 6.07) is 10.9. The third-order valence-electron chi connectivity index (χ3n) is 6.93. The van der Waals surface area contributed by atoms with Gasteiger partial charge in [-0.25, -0.2) is 0 Å². The molecule has 1 saturated carbocycles. The van der Waals surface area contributed by atoms with Gasteiger partial charge in [0.25, 0.3) is 0 Å². The number of carbonyl (C=O) groups excluding carboxylic acids is 1. The molecular formula is C23H37ClN2O2. The lowest BCUT2D eigenvalue weighted by Gasteiger charge is -2.43. The van der Waals surface area contributed by atoms with Gasteiger partial charge in [0.2, 0.25) is 5.91 Å². The maximum Gasteiger partial charge on any atom is 0.228 e. The van der Waals surface area contributed by atoms with E-state index in [-0.39, 0.29) is 24.2 Å². The zero-order valence-corrected chi connectivity index (χ0v) is 18.3. The van der Waals surface area contributed by atoms with Crippen molar-refractivity contribution in [2.75, 3.05) is 26.7 Å². The van der Waals surface area contributed by atoms with Crippen LogP contribution in [0.4, 0.5) is 0 Å². The van der Waals surface area contributed by atoms with Gasteiger partial charge in [0.1, 0.15) is 0 Å². The molecule has 1 amide bonds. The summed E-state index contributed by atoms with van der Waals surface area (Å²) in [4.78, 5) is 17.3. The molecule has 1 aliphatic heterocycles. The second kappa shape index (κ2) is 10.6. The van der Waals surface area contributed by atoms with Crippen LogP contribution < -0.4 is 0 Å². The molecule has 1 unspecified atom stereocenters. The van der Waals surface area contributed by atoms with Crippen LogP contribution in [0.3, 0.4) is 0 Å². The summed E-state index contributed by atoms with van der Waals surface area (Å²) in [6.45, 7) is 4.69. The number of carbonyl (C=O) groups is 1. The summed E-state index contributed by atoms with van der Waals surface area (Å²) in [7, 11) is 1.94. The molecular weight excluding hydrogens is 372 g/mol. The number of rotatable bonds is 6. The van der Waals surface area contributed by atoms with Crippen LogP contribution >= 0.6 is 12.4 Å². The van der Waals surface area contributed by atoms with E-state index in [9.17, 15) is 9.90 Å². The van der Waals surface area contributed by atoms with Crippen molar-refractivity contribution in [1.82, 2.24) is 9.80 Å². The maximum atomic E-state index is 13.0. The molecule has 1 heterocycles. The Kier molecular flexibility index (Phi) is 8.79. The molecule has 0 aromatic heterocycles. The number of benzene rings is 1. The van der Waals surface area contributed by atoms with Crippen LogP contribution in [-0.4, -0.2) is 59.1 Å². The van der Waals surface area contributed by atoms with Crippen molar-refractivity contribution in [3.05, 3.63) is 35.9 Å². The van der Waals surface area contributed by atoms with Gasteiger partial charge in [-0.15, -0.1) is 12.4 Å². The Balaban J connectivity index is 0.00000280. The van der Waals surface area contributed by atoms with E-state index < -0.39 is 5.60 Å². The molecule has 2 fully saturated rings. The molecule has 0 radical (unpaired) electrons. The highest BCUT2D eigenvalue weighted by molar-refractivity contribution is 5.85. The van der Waals surface area contributed by atoms with Gasteiger partial charge in [-0.2, -0.15) is 0 Å². The van der Waals surface area contributed by atoms with Crippen molar-refractivity contribution in [2.24, 2.45) is 5.92 Å². The van der Waals surface area contributed by atoms with Crippen molar-refractivity contribution in [3.63, 3.8) is 0 Å². The first-order valence-corrected chi connectivity index (χ1v) is 10.7. The minimum absolute atomic E-state index is 0. The maximum absolute atomic E-state index is 13.0. The van der Waals surface area contributed by atoms with E-state index in [4.69, 9.17) is 0 Å². The molecule has 1 atom stereocenters. The van der Waals surface area contributed by atoms with E-state index >= 15 is 0 Å². The zero-order chi connectivity index (χ0) is 19.3.